The number of phenolic OH excluding ortho intramolecular Hbond substituents is 1. The summed E-state index contributed by atoms with van der Waals surface area (Å²) in [5.74, 6) is 0.979. The Hall–Kier alpha value is -2.50. The lowest BCUT2D eigenvalue weighted by Gasteiger charge is -2.15. The zero-order valence-electron chi connectivity index (χ0n) is 15.0. The van der Waals surface area contributed by atoms with Crippen molar-refractivity contribution in [2.45, 2.75) is 26.3 Å². The van der Waals surface area contributed by atoms with Crippen LogP contribution in [-0.2, 0) is 0 Å². The zero-order chi connectivity index (χ0) is 19.4. The molecule has 2 aromatic carbocycles. The van der Waals surface area contributed by atoms with E-state index < -0.39 is 0 Å². The molecule has 0 unspecified atom stereocenters. The van der Waals surface area contributed by atoms with E-state index in [1.54, 1.807) is 12.1 Å². The van der Waals surface area contributed by atoms with Crippen molar-refractivity contribution in [3.05, 3.63) is 58.6 Å². The van der Waals surface area contributed by atoms with E-state index >= 15 is 0 Å². The van der Waals surface area contributed by atoms with E-state index in [0.29, 0.717) is 17.5 Å². The summed E-state index contributed by atoms with van der Waals surface area (Å²) in [6.07, 6.45) is 0.949. The highest BCUT2D eigenvalue weighted by atomic mass is 35.5. The molecule has 1 heterocycles. The number of rotatable bonds is 6. The molecular formula is C20H20Cl2N4O. The Morgan fingerprint density at radius 2 is 1.70 bits per heavy atom. The molecule has 0 aliphatic heterocycles. The fourth-order valence-corrected chi connectivity index (χ4v) is 2.93. The Balaban J connectivity index is 1.99. The van der Waals surface area contributed by atoms with Crippen molar-refractivity contribution < 1.29 is 5.11 Å². The lowest BCUT2D eigenvalue weighted by atomic mass is 10.1. The largest absolute Gasteiger partial charge is 0.505 e. The maximum atomic E-state index is 9.73. The number of halogens is 2. The Morgan fingerprint density at radius 3 is 2.33 bits per heavy atom. The van der Waals surface area contributed by atoms with Gasteiger partial charge in [0, 0.05) is 23.4 Å². The third-order valence-corrected chi connectivity index (χ3v) is 4.65. The van der Waals surface area contributed by atoms with Gasteiger partial charge >= 0.3 is 0 Å². The minimum Gasteiger partial charge on any atom is -0.505 e. The Kier molecular flexibility index (Phi) is 6.04. The maximum Gasteiger partial charge on any atom is 0.225 e. The molecule has 1 aromatic heterocycles. The summed E-state index contributed by atoms with van der Waals surface area (Å²) >= 11 is 12.0. The van der Waals surface area contributed by atoms with Gasteiger partial charge in [0.25, 0.3) is 0 Å². The number of benzene rings is 2. The van der Waals surface area contributed by atoms with Gasteiger partial charge in [-0.2, -0.15) is 4.98 Å². The van der Waals surface area contributed by atoms with Crippen molar-refractivity contribution in [3.63, 3.8) is 0 Å². The van der Waals surface area contributed by atoms with E-state index in [1.165, 1.54) is 0 Å². The third-order valence-electron chi connectivity index (χ3n) is 4.07. The van der Waals surface area contributed by atoms with Gasteiger partial charge in [-0.3, -0.25) is 0 Å². The SMILES string of the molecule is CC[C@H](C)Nc1nc(Nc2cc(Cl)c(O)c(Cl)c2)cc(-c2ccccc2)n1. The second-order valence-corrected chi connectivity index (χ2v) is 7.01. The Labute approximate surface area is 168 Å². The fraction of sp³-hybridized carbons (Fsp3) is 0.200. The van der Waals surface area contributed by atoms with Crippen LogP contribution in [0.3, 0.4) is 0 Å². The average molecular weight is 403 g/mol. The van der Waals surface area contributed by atoms with Crippen LogP contribution in [0.15, 0.2) is 48.5 Å². The first-order valence-electron chi connectivity index (χ1n) is 8.62. The number of aromatic nitrogens is 2. The van der Waals surface area contributed by atoms with E-state index in [1.807, 2.05) is 36.4 Å². The smallest absolute Gasteiger partial charge is 0.225 e. The van der Waals surface area contributed by atoms with Gasteiger partial charge in [0.05, 0.1) is 15.7 Å². The monoisotopic (exact) mass is 402 g/mol. The molecule has 0 amide bonds. The van der Waals surface area contributed by atoms with Crippen molar-refractivity contribution in [3.8, 4) is 17.0 Å². The second kappa shape index (κ2) is 8.46. The molecule has 7 heteroatoms. The Morgan fingerprint density at radius 1 is 1.04 bits per heavy atom. The predicted octanol–water partition coefficient (Wildman–Crippen LogP) is 6.11. The topological polar surface area (TPSA) is 70.1 Å². The van der Waals surface area contributed by atoms with Gasteiger partial charge in [0.15, 0.2) is 5.75 Å². The van der Waals surface area contributed by atoms with Crippen LogP contribution in [0.25, 0.3) is 11.3 Å². The summed E-state index contributed by atoms with van der Waals surface area (Å²) in [6, 6.07) is 15.2. The van der Waals surface area contributed by atoms with E-state index in [0.717, 1.165) is 17.7 Å². The summed E-state index contributed by atoms with van der Waals surface area (Å²) in [5.41, 5.74) is 2.39. The first kappa shape index (κ1) is 19.3. The quantitative estimate of drug-likeness (QED) is 0.433. The van der Waals surface area contributed by atoms with Crippen LogP contribution in [0.2, 0.25) is 10.0 Å². The molecule has 0 fully saturated rings. The lowest BCUT2D eigenvalue weighted by Crippen LogP contribution is -2.16. The lowest BCUT2D eigenvalue weighted by molar-refractivity contribution is 0.476. The highest BCUT2D eigenvalue weighted by Gasteiger charge is 2.11. The number of anilines is 3. The highest BCUT2D eigenvalue weighted by molar-refractivity contribution is 6.37. The standard InChI is InChI=1S/C20H20Cl2N4O/c1-3-12(2)23-20-25-17(13-7-5-4-6-8-13)11-18(26-20)24-14-9-15(21)19(27)16(22)10-14/h4-12,27H,3H2,1-2H3,(H2,23,24,25,26)/t12-/m0/s1. The normalized spacial score (nSPS) is 11.9. The molecule has 0 aliphatic rings. The van der Waals surface area contributed by atoms with Crippen LogP contribution in [0.1, 0.15) is 20.3 Å². The van der Waals surface area contributed by atoms with Crippen molar-refractivity contribution in [1.29, 1.82) is 0 Å². The Bertz CT molecular complexity index is 912. The summed E-state index contributed by atoms with van der Waals surface area (Å²) in [5, 5.41) is 16.6. The molecule has 0 aliphatic carbocycles. The van der Waals surface area contributed by atoms with Crippen LogP contribution < -0.4 is 10.6 Å². The number of nitrogens with zero attached hydrogens (tertiary/aromatic N) is 2. The number of aromatic hydroxyl groups is 1. The summed E-state index contributed by atoms with van der Waals surface area (Å²) in [4.78, 5) is 9.17. The summed E-state index contributed by atoms with van der Waals surface area (Å²) < 4.78 is 0. The first-order valence-corrected chi connectivity index (χ1v) is 9.38. The van der Waals surface area contributed by atoms with E-state index in [-0.39, 0.29) is 21.8 Å². The predicted molar refractivity (Wildman–Crippen MR) is 112 cm³/mol. The summed E-state index contributed by atoms with van der Waals surface area (Å²) in [6.45, 7) is 4.17. The number of phenols is 1. The van der Waals surface area contributed by atoms with Crippen LogP contribution in [-0.4, -0.2) is 21.1 Å². The molecule has 0 spiro atoms. The molecule has 0 saturated carbocycles. The zero-order valence-corrected chi connectivity index (χ0v) is 16.5. The van der Waals surface area contributed by atoms with Gasteiger partial charge < -0.3 is 15.7 Å². The van der Waals surface area contributed by atoms with Crippen LogP contribution in [0.5, 0.6) is 5.75 Å². The summed E-state index contributed by atoms with van der Waals surface area (Å²) in [7, 11) is 0. The van der Waals surface area contributed by atoms with Gasteiger partial charge in [-0.1, -0.05) is 60.5 Å². The van der Waals surface area contributed by atoms with Gasteiger partial charge in [0.2, 0.25) is 5.95 Å². The minimum absolute atomic E-state index is 0.143. The van der Waals surface area contributed by atoms with Gasteiger partial charge in [-0.05, 0) is 25.5 Å². The number of nitrogens with one attached hydrogen (secondary N) is 2. The minimum atomic E-state index is -0.143. The van der Waals surface area contributed by atoms with E-state index in [9.17, 15) is 5.11 Å². The highest BCUT2D eigenvalue weighted by Crippen LogP contribution is 2.35. The van der Waals surface area contributed by atoms with Gasteiger partial charge in [-0.25, -0.2) is 4.98 Å². The molecule has 140 valence electrons. The molecule has 27 heavy (non-hydrogen) atoms. The molecule has 0 bridgehead atoms. The van der Waals surface area contributed by atoms with Crippen molar-refractivity contribution >= 4 is 40.7 Å². The molecule has 1 atom stereocenters. The molecular weight excluding hydrogens is 383 g/mol. The molecule has 3 aromatic rings. The van der Waals surface area contributed by atoms with Crippen LogP contribution in [0.4, 0.5) is 17.5 Å². The van der Waals surface area contributed by atoms with Crippen LogP contribution >= 0.6 is 23.2 Å². The van der Waals surface area contributed by atoms with Gasteiger partial charge in [0.1, 0.15) is 5.82 Å². The second-order valence-electron chi connectivity index (χ2n) is 6.20. The molecule has 5 nitrogen and oxygen atoms in total. The third kappa shape index (κ3) is 4.81. The fourth-order valence-electron chi connectivity index (χ4n) is 2.44. The number of hydrogen-bond donors (Lipinski definition) is 3. The molecule has 3 N–H and O–H groups in total. The first-order chi connectivity index (χ1) is 13.0. The molecule has 0 radical (unpaired) electrons. The average Bonchev–Trinajstić information content (AvgIpc) is 2.66. The molecule has 3 rings (SSSR count). The van der Waals surface area contributed by atoms with E-state index in [4.69, 9.17) is 23.2 Å². The van der Waals surface area contributed by atoms with Crippen molar-refractivity contribution in [2.75, 3.05) is 10.6 Å². The maximum absolute atomic E-state index is 9.73. The van der Waals surface area contributed by atoms with Crippen molar-refractivity contribution in [2.24, 2.45) is 0 Å². The van der Waals surface area contributed by atoms with Crippen LogP contribution in [0, 0.1) is 0 Å². The van der Waals surface area contributed by atoms with Crippen molar-refractivity contribution in [1.82, 2.24) is 9.97 Å². The van der Waals surface area contributed by atoms with Gasteiger partial charge in [-0.15, -0.1) is 0 Å². The molecule has 0 saturated heterocycles. The number of hydrogen-bond acceptors (Lipinski definition) is 5. The van der Waals surface area contributed by atoms with E-state index in [2.05, 4.69) is 34.4 Å².